The van der Waals surface area contributed by atoms with Crippen molar-refractivity contribution < 1.29 is 9.53 Å². The van der Waals surface area contributed by atoms with Crippen molar-refractivity contribution in [2.24, 2.45) is 5.73 Å². The molecule has 2 aliphatic heterocycles. The molecule has 1 unspecified atom stereocenters. The van der Waals surface area contributed by atoms with Gasteiger partial charge in [0.25, 0.3) is 0 Å². The van der Waals surface area contributed by atoms with E-state index in [-0.39, 0.29) is 23.2 Å². The predicted molar refractivity (Wildman–Crippen MR) is 105 cm³/mol. The Morgan fingerprint density at radius 2 is 2.11 bits per heavy atom. The zero-order chi connectivity index (χ0) is 19.9. The number of carbonyl (C=O) groups excluding carboxylic acids is 1. The number of nitrogens with one attached hydrogen (secondary N) is 1. The summed E-state index contributed by atoms with van der Waals surface area (Å²) in [5.41, 5.74) is 7.95. The lowest BCUT2D eigenvalue weighted by Gasteiger charge is -2.32. The van der Waals surface area contributed by atoms with Gasteiger partial charge in [0, 0.05) is 23.5 Å². The van der Waals surface area contributed by atoms with Crippen molar-refractivity contribution in [3.8, 4) is 11.9 Å². The molecule has 3 heterocycles. The summed E-state index contributed by atoms with van der Waals surface area (Å²) in [6.45, 7) is 4.73. The van der Waals surface area contributed by atoms with E-state index in [2.05, 4.69) is 30.1 Å². The van der Waals surface area contributed by atoms with E-state index in [1.165, 1.54) is 0 Å². The molecule has 0 aliphatic carbocycles. The lowest BCUT2D eigenvalue weighted by atomic mass is 9.68. The monoisotopic (exact) mass is 377 g/mol. The van der Waals surface area contributed by atoms with Crippen LogP contribution in [0.5, 0.6) is 5.88 Å². The number of aromatic amines is 1. The van der Waals surface area contributed by atoms with Gasteiger partial charge in [-0.1, -0.05) is 44.9 Å². The summed E-state index contributed by atoms with van der Waals surface area (Å²) < 4.78 is 5.65. The highest BCUT2D eigenvalue weighted by molar-refractivity contribution is 6.14. The van der Waals surface area contributed by atoms with Gasteiger partial charge in [-0.3, -0.25) is 9.89 Å². The van der Waals surface area contributed by atoms with Crippen molar-refractivity contribution >= 4 is 11.6 Å². The van der Waals surface area contributed by atoms with Gasteiger partial charge in [0.05, 0.1) is 5.56 Å². The Labute approximate surface area is 163 Å². The van der Waals surface area contributed by atoms with E-state index in [1.54, 1.807) is 4.90 Å². The number of carbonyl (C=O) groups is 1. The molecule has 0 saturated carbocycles. The molecule has 0 radical (unpaired) electrons. The number of H-pyrrole nitrogens is 1. The topological polar surface area (TPSA) is 108 Å². The third-order valence-electron chi connectivity index (χ3n) is 5.52. The van der Waals surface area contributed by atoms with Gasteiger partial charge in [-0.05, 0) is 18.9 Å². The first-order valence-electron chi connectivity index (χ1n) is 9.68. The van der Waals surface area contributed by atoms with E-state index in [4.69, 9.17) is 10.5 Å². The Morgan fingerprint density at radius 3 is 2.82 bits per heavy atom. The number of amides is 1. The highest BCUT2D eigenvalue weighted by atomic mass is 16.5. The number of aromatic nitrogens is 2. The summed E-state index contributed by atoms with van der Waals surface area (Å²) in [4.78, 5) is 15.7. The molecule has 0 bridgehead atoms. The van der Waals surface area contributed by atoms with Crippen LogP contribution in [0.1, 0.15) is 49.9 Å². The summed E-state index contributed by atoms with van der Waals surface area (Å²) in [7, 11) is 0. The first kappa shape index (κ1) is 18.1. The Morgan fingerprint density at radius 1 is 1.32 bits per heavy atom. The van der Waals surface area contributed by atoms with Gasteiger partial charge in [-0.15, -0.1) is 5.10 Å². The molecule has 0 saturated heterocycles. The molecule has 1 spiro atoms. The van der Waals surface area contributed by atoms with Crippen LogP contribution in [0.25, 0.3) is 0 Å². The van der Waals surface area contributed by atoms with Crippen LogP contribution in [-0.2, 0) is 16.6 Å². The van der Waals surface area contributed by atoms with Crippen LogP contribution in [0.2, 0.25) is 0 Å². The number of nitrogens with zero attached hydrogens (tertiary/aromatic N) is 3. The highest BCUT2D eigenvalue weighted by Crippen LogP contribution is 2.55. The SMILES string of the molecule is CCCCN1C(=O)C2(C(C#N)=C(N)Oc3n[nH]c(CCC)c32)c2ccccc21. The number of hydrogen-bond acceptors (Lipinski definition) is 5. The van der Waals surface area contributed by atoms with Crippen molar-refractivity contribution in [3.63, 3.8) is 0 Å². The number of benzene rings is 1. The van der Waals surface area contributed by atoms with Gasteiger partial charge in [-0.2, -0.15) is 5.26 Å². The maximum absolute atomic E-state index is 14.0. The second kappa shape index (κ2) is 6.71. The fourth-order valence-corrected chi connectivity index (χ4v) is 4.33. The molecule has 2 aromatic rings. The van der Waals surface area contributed by atoms with Crippen molar-refractivity contribution in [3.05, 3.63) is 52.5 Å². The molecule has 1 aromatic heterocycles. The number of hydrogen-bond donors (Lipinski definition) is 2. The lowest BCUT2D eigenvalue weighted by Crippen LogP contribution is -2.46. The normalized spacial score (nSPS) is 20.2. The van der Waals surface area contributed by atoms with Crippen molar-refractivity contribution in [2.45, 2.75) is 44.9 Å². The summed E-state index contributed by atoms with van der Waals surface area (Å²) in [6.07, 6.45) is 3.38. The zero-order valence-corrected chi connectivity index (χ0v) is 16.1. The summed E-state index contributed by atoms with van der Waals surface area (Å²) in [5, 5.41) is 17.3. The van der Waals surface area contributed by atoms with Crippen LogP contribution in [0.15, 0.2) is 35.7 Å². The lowest BCUT2D eigenvalue weighted by molar-refractivity contribution is -0.121. The molecular weight excluding hydrogens is 354 g/mol. The van der Waals surface area contributed by atoms with Gasteiger partial charge in [0.2, 0.25) is 17.7 Å². The molecule has 2 aliphatic rings. The first-order chi connectivity index (χ1) is 13.6. The number of nitriles is 1. The van der Waals surface area contributed by atoms with E-state index in [0.29, 0.717) is 18.5 Å². The second-order valence-electron chi connectivity index (χ2n) is 7.16. The van der Waals surface area contributed by atoms with Gasteiger partial charge in [0.1, 0.15) is 17.1 Å². The van der Waals surface area contributed by atoms with Crippen LogP contribution in [0, 0.1) is 11.3 Å². The Balaban J connectivity index is 2.06. The van der Waals surface area contributed by atoms with Crippen LogP contribution >= 0.6 is 0 Å². The van der Waals surface area contributed by atoms with E-state index in [9.17, 15) is 10.1 Å². The van der Waals surface area contributed by atoms with Gasteiger partial charge < -0.3 is 15.4 Å². The van der Waals surface area contributed by atoms with Crippen LogP contribution in [0.3, 0.4) is 0 Å². The van der Waals surface area contributed by atoms with Crippen LogP contribution in [-0.4, -0.2) is 22.6 Å². The number of fused-ring (bicyclic) bond motifs is 4. The third kappa shape index (κ3) is 2.21. The quantitative estimate of drug-likeness (QED) is 0.833. The van der Waals surface area contributed by atoms with Gasteiger partial charge in [-0.25, -0.2) is 0 Å². The standard InChI is InChI=1S/C21H23N5O2/c1-3-5-11-26-16-10-7-6-9-13(16)21(20(26)27)14(12-22)18(23)28-19-17(21)15(8-4-2)24-25-19/h6-7,9-10H,3-5,8,11,23H2,1-2H3,(H,24,25). The molecule has 28 heavy (non-hydrogen) atoms. The largest absolute Gasteiger partial charge is 0.420 e. The molecule has 1 atom stereocenters. The fourth-order valence-electron chi connectivity index (χ4n) is 4.33. The number of unbranched alkanes of at least 4 members (excludes halogenated alkanes) is 1. The third-order valence-corrected chi connectivity index (χ3v) is 5.52. The molecule has 7 heteroatoms. The minimum atomic E-state index is -1.31. The van der Waals surface area contributed by atoms with E-state index >= 15 is 0 Å². The molecule has 0 fully saturated rings. The molecule has 3 N–H and O–H groups in total. The average molecular weight is 377 g/mol. The second-order valence-corrected chi connectivity index (χ2v) is 7.16. The minimum Gasteiger partial charge on any atom is -0.420 e. The molecule has 1 amide bonds. The molecule has 1 aromatic carbocycles. The minimum absolute atomic E-state index is 0.0648. The highest BCUT2D eigenvalue weighted by Gasteiger charge is 2.60. The number of ether oxygens (including phenoxy) is 1. The smallest absolute Gasteiger partial charge is 0.247 e. The van der Waals surface area contributed by atoms with Gasteiger partial charge in [0.15, 0.2) is 0 Å². The molecule has 144 valence electrons. The maximum atomic E-state index is 14.0. The summed E-state index contributed by atoms with van der Waals surface area (Å²) >= 11 is 0. The van der Waals surface area contributed by atoms with E-state index in [0.717, 1.165) is 36.2 Å². The van der Waals surface area contributed by atoms with Crippen LogP contribution in [0.4, 0.5) is 5.69 Å². The Kier molecular flexibility index (Phi) is 4.34. The fraction of sp³-hybridized carbons (Fsp3) is 0.381. The Hall–Kier alpha value is -3.27. The maximum Gasteiger partial charge on any atom is 0.247 e. The number of rotatable bonds is 5. The average Bonchev–Trinajstić information content (AvgIpc) is 3.19. The Bertz CT molecular complexity index is 1020. The van der Waals surface area contributed by atoms with Crippen LogP contribution < -0.4 is 15.4 Å². The number of anilines is 1. The number of aryl methyl sites for hydroxylation is 1. The summed E-state index contributed by atoms with van der Waals surface area (Å²) in [5.74, 6) is 0.0513. The van der Waals surface area contributed by atoms with Crippen molar-refractivity contribution in [1.82, 2.24) is 10.2 Å². The molecular formula is C21H23N5O2. The van der Waals surface area contributed by atoms with Crippen molar-refractivity contribution in [2.75, 3.05) is 11.4 Å². The zero-order valence-electron chi connectivity index (χ0n) is 16.1. The van der Waals surface area contributed by atoms with E-state index < -0.39 is 5.41 Å². The first-order valence-corrected chi connectivity index (χ1v) is 9.68. The van der Waals surface area contributed by atoms with E-state index in [1.807, 2.05) is 24.3 Å². The summed E-state index contributed by atoms with van der Waals surface area (Å²) in [6, 6.07) is 9.80. The van der Waals surface area contributed by atoms with Crippen molar-refractivity contribution in [1.29, 1.82) is 5.26 Å². The number of para-hydroxylation sites is 1. The number of nitrogens with two attached hydrogens (primary N) is 1. The predicted octanol–water partition coefficient (Wildman–Crippen LogP) is 2.88. The molecule has 7 nitrogen and oxygen atoms in total. The molecule has 4 rings (SSSR count). The van der Waals surface area contributed by atoms with Gasteiger partial charge >= 0.3 is 0 Å².